The van der Waals surface area contributed by atoms with Crippen LogP contribution in [0.25, 0.3) is 32.8 Å². The number of nitrogens with zero attached hydrogens (tertiary/aromatic N) is 1. The molecule has 0 saturated carbocycles. The third-order valence-corrected chi connectivity index (χ3v) is 5.92. The zero-order chi connectivity index (χ0) is 21.5. The first-order valence-electron chi connectivity index (χ1n) is 10.5. The molecule has 0 fully saturated rings. The van der Waals surface area contributed by atoms with Gasteiger partial charge in [0.25, 0.3) is 0 Å². The summed E-state index contributed by atoms with van der Waals surface area (Å²) in [4.78, 5) is 17.2. The molecule has 156 valence electrons. The first-order chi connectivity index (χ1) is 15.1. The minimum atomic E-state index is -1.39. The van der Waals surface area contributed by atoms with Crippen molar-refractivity contribution in [3.8, 4) is 16.9 Å². The van der Waals surface area contributed by atoms with Crippen LogP contribution in [-0.4, -0.2) is 29.3 Å². The second-order valence-electron chi connectivity index (χ2n) is 7.76. The van der Waals surface area contributed by atoms with E-state index in [4.69, 9.17) is 14.5 Å². The summed E-state index contributed by atoms with van der Waals surface area (Å²) in [7, 11) is 0. The van der Waals surface area contributed by atoms with E-state index in [1.54, 1.807) is 6.92 Å². The molecular weight excluding hydrogens is 390 g/mol. The molecule has 5 heteroatoms. The minimum absolute atomic E-state index is 0.206. The van der Waals surface area contributed by atoms with E-state index in [-0.39, 0.29) is 6.61 Å². The summed E-state index contributed by atoms with van der Waals surface area (Å²) in [6, 6.07) is 16.0. The number of fused-ring (bicyclic) bond motifs is 1. The van der Waals surface area contributed by atoms with Crippen molar-refractivity contribution in [3.05, 3.63) is 71.4 Å². The number of benzene rings is 3. The number of aryl methyl sites for hydroxylation is 1. The van der Waals surface area contributed by atoms with E-state index in [1.165, 1.54) is 5.56 Å². The lowest BCUT2D eigenvalue weighted by molar-refractivity contribution is -0.153. The highest BCUT2D eigenvalue weighted by atomic mass is 16.5. The summed E-state index contributed by atoms with van der Waals surface area (Å²) < 4.78 is 11.0. The summed E-state index contributed by atoms with van der Waals surface area (Å²) in [5.74, 6) is 0.165. The maximum absolute atomic E-state index is 12.5. The molecule has 5 nitrogen and oxygen atoms in total. The van der Waals surface area contributed by atoms with Crippen molar-refractivity contribution < 1.29 is 19.4 Å². The van der Waals surface area contributed by atoms with Crippen LogP contribution in [0.15, 0.2) is 54.7 Å². The Morgan fingerprint density at radius 1 is 1.23 bits per heavy atom. The van der Waals surface area contributed by atoms with Gasteiger partial charge in [-0.1, -0.05) is 30.3 Å². The molecule has 0 bridgehead atoms. The molecule has 0 spiro atoms. The SMILES string of the molecule is CCOC(=O)C(O)c1c(C)cc2ccccc2c1-c1ccc2c3c(ccnc13)CCO2. The third-order valence-electron chi connectivity index (χ3n) is 5.92. The number of pyridine rings is 1. The minimum Gasteiger partial charge on any atom is -0.493 e. The van der Waals surface area contributed by atoms with Crippen LogP contribution >= 0.6 is 0 Å². The number of carbonyl (C=O) groups is 1. The number of hydrogen-bond donors (Lipinski definition) is 1. The number of rotatable bonds is 4. The second-order valence-corrected chi connectivity index (χ2v) is 7.76. The van der Waals surface area contributed by atoms with Crippen LogP contribution in [0.2, 0.25) is 0 Å². The van der Waals surface area contributed by atoms with Gasteiger partial charge in [0, 0.05) is 29.1 Å². The molecule has 4 aromatic rings. The van der Waals surface area contributed by atoms with Gasteiger partial charge in [0.15, 0.2) is 6.10 Å². The molecule has 0 saturated heterocycles. The molecule has 1 atom stereocenters. The van der Waals surface area contributed by atoms with Crippen LogP contribution in [-0.2, 0) is 16.0 Å². The summed E-state index contributed by atoms with van der Waals surface area (Å²) in [6.07, 6.45) is 1.25. The Labute approximate surface area is 180 Å². The summed E-state index contributed by atoms with van der Waals surface area (Å²) >= 11 is 0. The second kappa shape index (κ2) is 7.67. The van der Waals surface area contributed by atoms with Crippen molar-refractivity contribution in [1.29, 1.82) is 0 Å². The first-order valence-corrected chi connectivity index (χ1v) is 10.5. The number of aromatic nitrogens is 1. The van der Waals surface area contributed by atoms with Crippen LogP contribution in [0.5, 0.6) is 5.75 Å². The van der Waals surface area contributed by atoms with Gasteiger partial charge < -0.3 is 14.6 Å². The number of aliphatic hydroxyl groups is 1. The lowest BCUT2D eigenvalue weighted by Gasteiger charge is -2.23. The van der Waals surface area contributed by atoms with Gasteiger partial charge >= 0.3 is 5.97 Å². The average Bonchev–Trinajstić information content (AvgIpc) is 2.79. The largest absolute Gasteiger partial charge is 0.493 e. The molecule has 0 radical (unpaired) electrons. The van der Waals surface area contributed by atoms with E-state index in [9.17, 15) is 9.90 Å². The number of hydrogen-bond acceptors (Lipinski definition) is 5. The van der Waals surface area contributed by atoms with Crippen LogP contribution in [0.3, 0.4) is 0 Å². The first kappa shape index (κ1) is 19.5. The lowest BCUT2D eigenvalue weighted by atomic mass is 9.86. The van der Waals surface area contributed by atoms with E-state index in [1.807, 2.05) is 61.7 Å². The van der Waals surface area contributed by atoms with Gasteiger partial charge in [-0.2, -0.15) is 0 Å². The molecule has 1 aliphatic heterocycles. The molecule has 31 heavy (non-hydrogen) atoms. The highest BCUT2D eigenvalue weighted by Crippen LogP contribution is 2.43. The predicted molar refractivity (Wildman–Crippen MR) is 120 cm³/mol. The van der Waals surface area contributed by atoms with E-state index < -0.39 is 12.1 Å². The smallest absolute Gasteiger partial charge is 0.339 e. The van der Waals surface area contributed by atoms with E-state index in [0.29, 0.717) is 12.2 Å². The average molecular weight is 413 g/mol. The Morgan fingerprint density at radius 3 is 2.90 bits per heavy atom. The topological polar surface area (TPSA) is 68.7 Å². The highest BCUT2D eigenvalue weighted by Gasteiger charge is 2.28. The highest BCUT2D eigenvalue weighted by molar-refractivity contribution is 6.08. The molecule has 5 rings (SSSR count). The fraction of sp³-hybridized carbons (Fsp3) is 0.231. The summed E-state index contributed by atoms with van der Waals surface area (Å²) in [5, 5.41) is 14.0. The van der Waals surface area contributed by atoms with Gasteiger partial charge in [-0.3, -0.25) is 4.98 Å². The fourth-order valence-electron chi connectivity index (χ4n) is 4.59. The van der Waals surface area contributed by atoms with Gasteiger partial charge in [-0.15, -0.1) is 0 Å². The maximum Gasteiger partial charge on any atom is 0.339 e. The monoisotopic (exact) mass is 413 g/mol. The molecule has 3 aromatic carbocycles. The Morgan fingerprint density at radius 2 is 2.06 bits per heavy atom. The molecule has 1 N–H and O–H groups in total. The number of carbonyl (C=O) groups excluding carboxylic acids is 1. The Balaban J connectivity index is 1.88. The molecular formula is C26H23NO4. The molecule has 2 heterocycles. The number of esters is 1. The summed E-state index contributed by atoms with van der Waals surface area (Å²) in [6.45, 7) is 4.49. The van der Waals surface area contributed by atoms with Crippen molar-refractivity contribution in [1.82, 2.24) is 4.98 Å². The Bertz CT molecular complexity index is 1320. The quantitative estimate of drug-likeness (QED) is 0.482. The van der Waals surface area contributed by atoms with Crippen molar-refractivity contribution >= 4 is 27.6 Å². The predicted octanol–water partition coefficient (Wildman–Crippen LogP) is 4.89. The van der Waals surface area contributed by atoms with E-state index in [0.717, 1.165) is 50.5 Å². The van der Waals surface area contributed by atoms with Crippen molar-refractivity contribution in [3.63, 3.8) is 0 Å². The molecule has 1 unspecified atom stereocenters. The van der Waals surface area contributed by atoms with Gasteiger partial charge in [0.05, 0.1) is 18.7 Å². The van der Waals surface area contributed by atoms with Crippen molar-refractivity contribution in [2.75, 3.05) is 13.2 Å². The number of aliphatic hydroxyl groups excluding tert-OH is 1. The van der Waals surface area contributed by atoms with Gasteiger partial charge in [-0.05, 0) is 59.5 Å². The lowest BCUT2D eigenvalue weighted by Crippen LogP contribution is -2.17. The zero-order valence-corrected chi connectivity index (χ0v) is 17.5. The van der Waals surface area contributed by atoms with Gasteiger partial charge in [0.2, 0.25) is 0 Å². The Kier molecular flexibility index (Phi) is 4.83. The molecule has 0 amide bonds. The van der Waals surface area contributed by atoms with Gasteiger partial charge in [0.1, 0.15) is 5.75 Å². The molecule has 0 aliphatic carbocycles. The van der Waals surface area contributed by atoms with Crippen LogP contribution < -0.4 is 4.74 Å². The number of ether oxygens (including phenoxy) is 2. The molecule has 1 aromatic heterocycles. The summed E-state index contributed by atoms with van der Waals surface area (Å²) in [5.41, 5.74) is 5.05. The van der Waals surface area contributed by atoms with Crippen molar-refractivity contribution in [2.45, 2.75) is 26.4 Å². The third kappa shape index (κ3) is 3.13. The van der Waals surface area contributed by atoms with E-state index in [2.05, 4.69) is 0 Å². The fourth-order valence-corrected chi connectivity index (χ4v) is 4.59. The molecule has 1 aliphatic rings. The van der Waals surface area contributed by atoms with Crippen LogP contribution in [0, 0.1) is 6.92 Å². The van der Waals surface area contributed by atoms with Gasteiger partial charge in [-0.25, -0.2) is 4.79 Å². The zero-order valence-electron chi connectivity index (χ0n) is 17.5. The van der Waals surface area contributed by atoms with Crippen molar-refractivity contribution in [2.24, 2.45) is 0 Å². The van der Waals surface area contributed by atoms with Crippen LogP contribution in [0.4, 0.5) is 0 Å². The normalized spacial score (nSPS) is 13.8. The standard InChI is InChI=1S/C26H23NO4/c1-3-30-26(29)25(28)21-15(2)14-17-6-4-5-7-18(17)23(21)19-8-9-20-22-16(11-13-31-20)10-12-27-24(19)22/h4-10,12,14,25,28H,3,11,13H2,1-2H3. The Hall–Kier alpha value is -3.44. The van der Waals surface area contributed by atoms with E-state index >= 15 is 0 Å². The van der Waals surface area contributed by atoms with Crippen LogP contribution in [0.1, 0.15) is 29.7 Å². The maximum atomic E-state index is 12.5.